The second-order valence-corrected chi connectivity index (χ2v) is 5.26. The van der Waals surface area contributed by atoms with Crippen LogP contribution in [-0.2, 0) is 20.7 Å². The first-order valence-corrected chi connectivity index (χ1v) is 7.86. The van der Waals surface area contributed by atoms with Gasteiger partial charge in [0.1, 0.15) is 17.2 Å². The van der Waals surface area contributed by atoms with Gasteiger partial charge in [-0.2, -0.15) is 0 Å². The van der Waals surface area contributed by atoms with Crippen LogP contribution in [0.2, 0.25) is 0 Å². The predicted octanol–water partition coefficient (Wildman–Crippen LogP) is 2.44. The maximum absolute atomic E-state index is 12.0. The van der Waals surface area contributed by atoms with Gasteiger partial charge >= 0.3 is 5.97 Å². The number of para-hydroxylation sites is 2. The predicted molar refractivity (Wildman–Crippen MR) is 95.8 cm³/mol. The average Bonchev–Trinajstić information content (AvgIpc) is 2.67. The number of nitrogens with one attached hydrogen (secondary N) is 1. The van der Waals surface area contributed by atoms with Gasteiger partial charge in [0.2, 0.25) is 0 Å². The molecule has 0 aliphatic rings. The maximum atomic E-state index is 12.0. The summed E-state index contributed by atoms with van der Waals surface area (Å²) in [6.45, 7) is -0.393. The Balaban J connectivity index is 1.89. The van der Waals surface area contributed by atoms with E-state index in [2.05, 4.69) is 5.32 Å². The summed E-state index contributed by atoms with van der Waals surface area (Å²) >= 11 is 0. The summed E-state index contributed by atoms with van der Waals surface area (Å²) < 4.78 is 20.5. The number of amides is 1. The Labute approximate surface area is 151 Å². The van der Waals surface area contributed by atoms with E-state index >= 15 is 0 Å². The molecule has 0 atom stereocenters. The van der Waals surface area contributed by atoms with Crippen molar-refractivity contribution in [2.45, 2.75) is 6.42 Å². The molecule has 7 nitrogen and oxygen atoms in total. The minimum Gasteiger partial charge on any atom is -0.497 e. The molecule has 0 saturated heterocycles. The van der Waals surface area contributed by atoms with Crippen LogP contribution in [0.15, 0.2) is 42.5 Å². The molecule has 138 valence electrons. The highest BCUT2D eigenvalue weighted by Crippen LogP contribution is 2.25. The molecule has 0 aliphatic heterocycles. The molecular weight excluding hydrogens is 338 g/mol. The van der Waals surface area contributed by atoms with Crippen molar-refractivity contribution in [3.8, 4) is 17.2 Å². The molecule has 0 aromatic heterocycles. The summed E-state index contributed by atoms with van der Waals surface area (Å²) in [5.74, 6) is 0.665. The van der Waals surface area contributed by atoms with Gasteiger partial charge in [-0.1, -0.05) is 18.2 Å². The van der Waals surface area contributed by atoms with Gasteiger partial charge < -0.3 is 24.3 Å². The highest BCUT2D eigenvalue weighted by molar-refractivity contribution is 5.94. The van der Waals surface area contributed by atoms with Gasteiger partial charge in [0, 0.05) is 11.6 Å². The van der Waals surface area contributed by atoms with Crippen molar-refractivity contribution in [3.05, 3.63) is 48.0 Å². The van der Waals surface area contributed by atoms with E-state index in [1.54, 1.807) is 49.6 Å². The van der Waals surface area contributed by atoms with Crippen LogP contribution in [-0.4, -0.2) is 39.8 Å². The van der Waals surface area contributed by atoms with Gasteiger partial charge in [-0.05, 0) is 18.2 Å². The Bertz CT molecular complexity index is 774. The van der Waals surface area contributed by atoms with Crippen molar-refractivity contribution in [1.29, 1.82) is 0 Å². The lowest BCUT2D eigenvalue weighted by Crippen LogP contribution is -2.22. The molecule has 0 unspecified atom stereocenters. The van der Waals surface area contributed by atoms with E-state index in [0.717, 1.165) is 0 Å². The van der Waals surface area contributed by atoms with Crippen molar-refractivity contribution in [3.63, 3.8) is 0 Å². The molecule has 26 heavy (non-hydrogen) atoms. The van der Waals surface area contributed by atoms with Crippen LogP contribution in [0.5, 0.6) is 17.2 Å². The first-order chi connectivity index (χ1) is 12.6. The topological polar surface area (TPSA) is 83.1 Å². The standard InChI is InChI=1S/C19H21NO6/c1-23-14-9-8-13(17(11-14)25-3)10-19(22)26-12-18(21)20-15-6-4-5-7-16(15)24-2/h4-9,11H,10,12H2,1-3H3,(H,20,21). The molecule has 0 heterocycles. The Morgan fingerprint density at radius 3 is 2.35 bits per heavy atom. The lowest BCUT2D eigenvalue weighted by molar-refractivity contribution is -0.146. The molecule has 2 rings (SSSR count). The number of carbonyl (C=O) groups is 2. The van der Waals surface area contributed by atoms with Crippen molar-refractivity contribution in [1.82, 2.24) is 0 Å². The number of benzene rings is 2. The van der Waals surface area contributed by atoms with E-state index in [1.807, 2.05) is 0 Å². The number of anilines is 1. The minimum absolute atomic E-state index is 0.0187. The molecule has 0 radical (unpaired) electrons. The number of ether oxygens (including phenoxy) is 4. The zero-order chi connectivity index (χ0) is 18.9. The molecule has 1 amide bonds. The lowest BCUT2D eigenvalue weighted by atomic mass is 10.1. The molecule has 2 aromatic rings. The molecule has 0 spiro atoms. The van der Waals surface area contributed by atoms with E-state index in [1.165, 1.54) is 14.2 Å². The van der Waals surface area contributed by atoms with E-state index < -0.39 is 18.5 Å². The monoisotopic (exact) mass is 359 g/mol. The quantitative estimate of drug-likeness (QED) is 0.729. The molecule has 0 aliphatic carbocycles. The Morgan fingerprint density at radius 1 is 0.923 bits per heavy atom. The van der Waals surface area contributed by atoms with Crippen LogP contribution in [0.3, 0.4) is 0 Å². The van der Waals surface area contributed by atoms with E-state index in [9.17, 15) is 9.59 Å². The fourth-order valence-corrected chi connectivity index (χ4v) is 2.28. The number of esters is 1. The van der Waals surface area contributed by atoms with Crippen LogP contribution >= 0.6 is 0 Å². The second-order valence-electron chi connectivity index (χ2n) is 5.26. The maximum Gasteiger partial charge on any atom is 0.310 e. The number of hydrogen-bond donors (Lipinski definition) is 1. The second kappa shape index (κ2) is 9.31. The van der Waals surface area contributed by atoms with E-state index in [0.29, 0.717) is 28.5 Å². The third kappa shape index (κ3) is 5.14. The Kier molecular flexibility index (Phi) is 6.84. The Morgan fingerprint density at radius 2 is 1.65 bits per heavy atom. The SMILES string of the molecule is COc1ccc(CC(=O)OCC(=O)Nc2ccccc2OC)c(OC)c1. The summed E-state index contributed by atoms with van der Waals surface area (Å²) in [4.78, 5) is 24.0. The molecule has 7 heteroatoms. The highest BCUT2D eigenvalue weighted by atomic mass is 16.5. The number of hydrogen-bond acceptors (Lipinski definition) is 6. The molecule has 0 saturated carbocycles. The molecule has 2 aromatic carbocycles. The fourth-order valence-electron chi connectivity index (χ4n) is 2.28. The van der Waals surface area contributed by atoms with Crippen LogP contribution in [0.4, 0.5) is 5.69 Å². The van der Waals surface area contributed by atoms with E-state index in [4.69, 9.17) is 18.9 Å². The van der Waals surface area contributed by atoms with Gasteiger partial charge in [0.25, 0.3) is 5.91 Å². The van der Waals surface area contributed by atoms with Crippen molar-refractivity contribution >= 4 is 17.6 Å². The summed E-state index contributed by atoms with van der Waals surface area (Å²) in [5, 5.41) is 2.64. The Hall–Kier alpha value is -3.22. The summed E-state index contributed by atoms with van der Waals surface area (Å²) in [7, 11) is 4.56. The smallest absolute Gasteiger partial charge is 0.310 e. The number of carbonyl (C=O) groups excluding carboxylic acids is 2. The zero-order valence-corrected chi connectivity index (χ0v) is 14.9. The molecule has 1 N–H and O–H groups in total. The van der Waals surface area contributed by atoms with E-state index in [-0.39, 0.29) is 6.42 Å². The van der Waals surface area contributed by atoms with Gasteiger partial charge in [0.05, 0.1) is 33.4 Å². The van der Waals surface area contributed by atoms with Crippen molar-refractivity contribution in [2.75, 3.05) is 33.3 Å². The third-order valence-electron chi connectivity index (χ3n) is 3.57. The number of methoxy groups -OCH3 is 3. The molecular formula is C19H21NO6. The first kappa shape index (κ1) is 19.1. The highest BCUT2D eigenvalue weighted by Gasteiger charge is 2.13. The molecule has 0 fully saturated rings. The van der Waals surface area contributed by atoms with Gasteiger partial charge in [0.15, 0.2) is 6.61 Å². The average molecular weight is 359 g/mol. The zero-order valence-electron chi connectivity index (χ0n) is 14.9. The van der Waals surface area contributed by atoms with Crippen LogP contribution in [0.25, 0.3) is 0 Å². The van der Waals surface area contributed by atoms with Crippen LogP contribution in [0, 0.1) is 0 Å². The largest absolute Gasteiger partial charge is 0.497 e. The van der Waals surface area contributed by atoms with Gasteiger partial charge in [-0.15, -0.1) is 0 Å². The van der Waals surface area contributed by atoms with Gasteiger partial charge in [-0.25, -0.2) is 0 Å². The van der Waals surface area contributed by atoms with Gasteiger partial charge in [-0.3, -0.25) is 9.59 Å². The van der Waals surface area contributed by atoms with Crippen molar-refractivity contribution in [2.24, 2.45) is 0 Å². The third-order valence-corrected chi connectivity index (χ3v) is 3.57. The fraction of sp³-hybridized carbons (Fsp3) is 0.263. The number of rotatable bonds is 8. The summed E-state index contributed by atoms with van der Waals surface area (Å²) in [6.07, 6.45) is -0.0187. The summed E-state index contributed by atoms with van der Waals surface area (Å²) in [5.41, 5.74) is 1.15. The normalized spacial score (nSPS) is 9.96. The van der Waals surface area contributed by atoms with Crippen LogP contribution in [0.1, 0.15) is 5.56 Å². The summed E-state index contributed by atoms with van der Waals surface area (Å²) in [6, 6.07) is 12.1. The van der Waals surface area contributed by atoms with Crippen LogP contribution < -0.4 is 19.5 Å². The van der Waals surface area contributed by atoms with Crippen molar-refractivity contribution < 1.29 is 28.5 Å². The lowest BCUT2D eigenvalue weighted by Gasteiger charge is -2.11. The minimum atomic E-state index is -0.538. The first-order valence-electron chi connectivity index (χ1n) is 7.86. The molecule has 0 bridgehead atoms.